The fourth-order valence-electron chi connectivity index (χ4n) is 3.47. The number of pyridine rings is 1. The summed E-state index contributed by atoms with van der Waals surface area (Å²) in [5.41, 5.74) is 1.95. The monoisotopic (exact) mass is 577 g/mol. The van der Waals surface area contributed by atoms with Crippen molar-refractivity contribution < 1.29 is 17.9 Å². The van der Waals surface area contributed by atoms with E-state index in [2.05, 4.69) is 37.6 Å². The van der Waals surface area contributed by atoms with Gasteiger partial charge in [-0.15, -0.1) is 24.0 Å². The first-order valence-electron chi connectivity index (χ1n) is 10.9. The highest BCUT2D eigenvalue weighted by Gasteiger charge is 2.28. The molecule has 0 spiro atoms. The van der Waals surface area contributed by atoms with E-state index in [-0.39, 0.29) is 29.7 Å². The topological polar surface area (TPSA) is 61.8 Å². The summed E-state index contributed by atoms with van der Waals surface area (Å²) in [4.78, 5) is 11.2. The Morgan fingerprint density at radius 1 is 0.970 bits per heavy atom. The zero-order valence-corrected chi connectivity index (χ0v) is 21.0. The van der Waals surface area contributed by atoms with Gasteiger partial charge in [-0.25, -0.2) is 4.98 Å². The number of nitrogens with zero attached hydrogens (tertiary/aromatic N) is 3. The first kappa shape index (κ1) is 27.0. The van der Waals surface area contributed by atoms with E-state index in [4.69, 9.17) is 4.74 Å². The first-order chi connectivity index (χ1) is 15.4. The zero-order chi connectivity index (χ0) is 22.8. The molecule has 0 aliphatic carbocycles. The second-order valence-electron chi connectivity index (χ2n) is 7.75. The van der Waals surface area contributed by atoms with Crippen LogP contribution < -0.4 is 20.3 Å². The summed E-state index contributed by atoms with van der Waals surface area (Å²) >= 11 is 0. The van der Waals surface area contributed by atoms with Crippen molar-refractivity contribution in [3.8, 4) is 5.75 Å². The van der Waals surface area contributed by atoms with Crippen molar-refractivity contribution in [3.05, 3.63) is 53.7 Å². The lowest BCUT2D eigenvalue weighted by atomic mass is 10.2. The van der Waals surface area contributed by atoms with Crippen LogP contribution in [0.25, 0.3) is 0 Å². The Bertz CT molecular complexity index is 852. The molecule has 0 bridgehead atoms. The van der Waals surface area contributed by atoms with Gasteiger partial charge in [-0.05, 0) is 42.2 Å². The summed E-state index contributed by atoms with van der Waals surface area (Å²) in [6, 6.07) is 10.6. The quantitative estimate of drug-likeness (QED) is 0.279. The zero-order valence-electron chi connectivity index (χ0n) is 18.7. The Morgan fingerprint density at radius 2 is 1.58 bits per heavy atom. The highest BCUT2D eigenvalue weighted by molar-refractivity contribution is 14.0. The van der Waals surface area contributed by atoms with Gasteiger partial charge in [0.25, 0.3) is 0 Å². The second-order valence-corrected chi connectivity index (χ2v) is 7.75. The lowest BCUT2D eigenvalue weighted by Crippen LogP contribution is -2.36. The van der Waals surface area contributed by atoms with Crippen molar-refractivity contribution in [2.24, 2.45) is 4.99 Å². The predicted molar refractivity (Wildman–Crippen MR) is 135 cm³/mol. The van der Waals surface area contributed by atoms with Crippen LogP contribution in [-0.4, -0.2) is 43.9 Å². The SMILES string of the molecule is CN=C(NCc1ccc(OCC(F)(F)F)cc1)NCc1ccc(N2CCCCCC2)nc1.I. The number of aliphatic imine (C=N–C) groups is 1. The average molecular weight is 577 g/mol. The summed E-state index contributed by atoms with van der Waals surface area (Å²) in [7, 11) is 1.68. The molecule has 0 saturated carbocycles. The van der Waals surface area contributed by atoms with Crippen LogP contribution in [0, 0.1) is 0 Å². The number of aromatic nitrogens is 1. The molecule has 1 aromatic heterocycles. The van der Waals surface area contributed by atoms with Crippen molar-refractivity contribution in [2.45, 2.75) is 44.9 Å². The van der Waals surface area contributed by atoms with E-state index in [9.17, 15) is 13.2 Å². The third kappa shape index (κ3) is 9.65. The molecule has 182 valence electrons. The number of hydrogen-bond donors (Lipinski definition) is 2. The molecule has 0 atom stereocenters. The molecule has 1 aliphatic rings. The molecule has 33 heavy (non-hydrogen) atoms. The standard InChI is InChI=1S/C23H30F3N5O.HI/c1-27-22(29-14-18-6-9-20(10-7-18)32-17-23(24,25)26)30-16-19-8-11-21(28-15-19)31-12-4-2-3-5-13-31;/h6-11,15H,2-5,12-14,16-17H2,1H3,(H2,27,29,30);1H. The normalized spacial score (nSPS) is 14.8. The van der Waals surface area contributed by atoms with E-state index in [1.807, 2.05) is 6.20 Å². The highest BCUT2D eigenvalue weighted by Crippen LogP contribution is 2.19. The Balaban J connectivity index is 0.00000385. The van der Waals surface area contributed by atoms with Crippen LogP contribution in [0.5, 0.6) is 5.75 Å². The average Bonchev–Trinajstić information content (AvgIpc) is 3.08. The van der Waals surface area contributed by atoms with Crippen LogP contribution in [0.2, 0.25) is 0 Å². The molecule has 1 aliphatic heterocycles. The molecule has 2 aromatic rings. The molecule has 0 unspecified atom stereocenters. The van der Waals surface area contributed by atoms with Gasteiger partial charge < -0.3 is 20.3 Å². The minimum atomic E-state index is -4.35. The summed E-state index contributed by atoms with van der Waals surface area (Å²) in [6.45, 7) is 1.89. The van der Waals surface area contributed by atoms with Gasteiger partial charge in [0.05, 0.1) is 0 Å². The lowest BCUT2D eigenvalue weighted by molar-refractivity contribution is -0.153. The first-order valence-corrected chi connectivity index (χ1v) is 10.9. The molecule has 1 saturated heterocycles. The van der Waals surface area contributed by atoms with Gasteiger partial charge in [-0.3, -0.25) is 4.99 Å². The molecular formula is C23H31F3IN5O. The Labute approximate surface area is 210 Å². The number of benzene rings is 1. The smallest absolute Gasteiger partial charge is 0.422 e. The number of alkyl halides is 3. The van der Waals surface area contributed by atoms with Crippen LogP contribution in [0.15, 0.2) is 47.6 Å². The number of halogens is 4. The maximum atomic E-state index is 12.2. The molecule has 0 radical (unpaired) electrons. The molecule has 10 heteroatoms. The largest absolute Gasteiger partial charge is 0.484 e. The van der Waals surface area contributed by atoms with Gasteiger partial charge in [-0.2, -0.15) is 13.2 Å². The van der Waals surface area contributed by atoms with E-state index in [0.29, 0.717) is 19.0 Å². The van der Waals surface area contributed by atoms with E-state index >= 15 is 0 Å². The van der Waals surface area contributed by atoms with E-state index in [1.165, 1.54) is 37.8 Å². The summed E-state index contributed by atoms with van der Waals surface area (Å²) in [5.74, 6) is 1.84. The molecule has 0 amide bonds. The molecule has 6 nitrogen and oxygen atoms in total. The van der Waals surface area contributed by atoms with E-state index < -0.39 is 12.8 Å². The number of anilines is 1. The third-order valence-electron chi connectivity index (χ3n) is 5.21. The molecule has 2 N–H and O–H groups in total. The molecule has 3 rings (SSSR count). The summed E-state index contributed by atoms with van der Waals surface area (Å²) in [6.07, 6.45) is 2.56. The predicted octanol–water partition coefficient (Wildman–Crippen LogP) is 4.89. The van der Waals surface area contributed by atoms with Gasteiger partial charge in [0.2, 0.25) is 0 Å². The number of nitrogens with one attached hydrogen (secondary N) is 2. The van der Waals surface area contributed by atoms with Crippen LogP contribution in [0.1, 0.15) is 36.8 Å². The maximum absolute atomic E-state index is 12.2. The van der Waals surface area contributed by atoms with E-state index in [1.54, 1.807) is 19.2 Å². The fraction of sp³-hybridized carbons (Fsp3) is 0.478. The van der Waals surface area contributed by atoms with Crippen LogP contribution in [0.4, 0.5) is 19.0 Å². The van der Waals surface area contributed by atoms with Crippen LogP contribution in [0.3, 0.4) is 0 Å². The number of rotatable bonds is 7. The highest BCUT2D eigenvalue weighted by atomic mass is 127. The van der Waals surface area contributed by atoms with Crippen molar-refractivity contribution in [1.82, 2.24) is 15.6 Å². The lowest BCUT2D eigenvalue weighted by Gasteiger charge is -2.21. The molecule has 2 heterocycles. The second kappa shape index (κ2) is 13.5. The van der Waals surface area contributed by atoms with Gasteiger partial charge in [-0.1, -0.05) is 31.0 Å². The minimum Gasteiger partial charge on any atom is -0.484 e. The Morgan fingerprint density at radius 3 is 2.12 bits per heavy atom. The number of ether oxygens (including phenoxy) is 1. The van der Waals surface area contributed by atoms with Crippen molar-refractivity contribution in [3.63, 3.8) is 0 Å². The molecular weight excluding hydrogens is 546 g/mol. The van der Waals surface area contributed by atoms with Crippen LogP contribution >= 0.6 is 24.0 Å². The number of guanidine groups is 1. The van der Waals surface area contributed by atoms with Gasteiger partial charge in [0, 0.05) is 39.4 Å². The number of hydrogen-bond acceptors (Lipinski definition) is 4. The van der Waals surface area contributed by atoms with Gasteiger partial charge in [0.1, 0.15) is 11.6 Å². The van der Waals surface area contributed by atoms with Crippen LogP contribution in [-0.2, 0) is 13.1 Å². The Kier molecular flexibility index (Phi) is 11.0. The van der Waals surface area contributed by atoms with Crippen molar-refractivity contribution in [1.29, 1.82) is 0 Å². The summed E-state index contributed by atoms with van der Waals surface area (Å²) in [5, 5.41) is 6.44. The Hall–Kier alpha value is -2.24. The van der Waals surface area contributed by atoms with E-state index in [0.717, 1.165) is 30.0 Å². The molecule has 1 fully saturated rings. The summed E-state index contributed by atoms with van der Waals surface area (Å²) < 4.78 is 41.4. The molecule has 1 aromatic carbocycles. The third-order valence-corrected chi connectivity index (χ3v) is 5.21. The maximum Gasteiger partial charge on any atom is 0.422 e. The minimum absolute atomic E-state index is 0. The van der Waals surface area contributed by atoms with Crippen molar-refractivity contribution in [2.75, 3.05) is 31.6 Å². The van der Waals surface area contributed by atoms with Gasteiger partial charge in [0.15, 0.2) is 12.6 Å². The fourth-order valence-corrected chi connectivity index (χ4v) is 3.47. The van der Waals surface area contributed by atoms with Gasteiger partial charge >= 0.3 is 6.18 Å². The van der Waals surface area contributed by atoms with Crippen molar-refractivity contribution >= 4 is 35.8 Å².